The zero-order valence-corrected chi connectivity index (χ0v) is 10.9. The van der Waals surface area contributed by atoms with Gasteiger partial charge >= 0.3 is 0 Å². The molecule has 16 heavy (non-hydrogen) atoms. The molecule has 0 aromatic carbocycles. The second kappa shape index (κ2) is 6.88. The summed E-state index contributed by atoms with van der Waals surface area (Å²) in [7, 11) is 0. The molecule has 1 unspecified atom stereocenters. The predicted octanol–water partition coefficient (Wildman–Crippen LogP) is 2.09. The first-order valence-corrected chi connectivity index (χ1v) is 6.64. The summed E-state index contributed by atoms with van der Waals surface area (Å²) in [5.74, 6) is 0. The van der Waals surface area contributed by atoms with E-state index in [0.717, 1.165) is 38.6 Å². The van der Waals surface area contributed by atoms with E-state index < -0.39 is 0 Å². The van der Waals surface area contributed by atoms with Gasteiger partial charge in [-0.1, -0.05) is 20.8 Å². The van der Waals surface area contributed by atoms with Crippen molar-refractivity contribution in [3.63, 3.8) is 0 Å². The van der Waals surface area contributed by atoms with E-state index in [1.54, 1.807) is 0 Å². The predicted molar refractivity (Wildman–Crippen MR) is 67.2 cm³/mol. The van der Waals surface area contributed by atoms with Crippen molar-refractivity contribution in [2.45, 2.75) is 52.1 Å². The average molecular weight is 223 g/mol. The fraction of sp³-hybridized carbons (Fsp3) is 0.923. The number of rotatable bonds is 5. The lowest BCUT2D eigenvalue weighted by molar-refractivity contribution is 0.0782. The fourth-order valence-corrected chi connectivity index (χ4v) is 2.65. The van der Waals surface area contributed by atoms with Crippen LogP contribution in [0.4, 0.5) is 0 Å². The molecule has 1 atom stereocenters. The zero-order valence-electron chi connectivity index (χ0n) is 10.9. The highest BCUT2D eigenvalue weighted by molar-refractivity contribution is 4.93. The lowest BCUT2D eigenvalue weighted by Crippen LogP contribution is -2.52. The number of hydrogen-bond acceptors (Lipinski definition) is 3. The van der Waals surface area contributed by atoms with Crippen LogP contribution in [0.5, 0.6) is 0 Å². The molecule has 0 amide bonds. The highest BCUT2D eigenvalue weighted by Crippen LogP contribution is 2.14. The zero-order chi connectivity index (χ0) is 12.0. The van der Waals surface area contributed by atoms with Crippen molar-refractivity contribution in [1.29, 1.82) is 5.26 Å². The molecule has 1 heterocycles. The Morgan fingerprint density at radius 1 is 0.938 bits per heavy atom. The van der Waals surface area contributed by atoms with Crippen LogP contribution in [0.2, 0.25) is 0 Å². The van der Waals surface area contributed by atoms with E-state index in [4.69, 9.17) is 5.26 Å². The van der Waals surface area contributed by atoms with Crippen molar-refractivity contribution in [2.24, 2.45) is 0 Å². The second-order valence-electron chi connectivity index (χ2n) is 4.60. The van der Waals surface area contributed by atoms with Gasteiger partial charge in [-0.2, -0.15) is 5.26 Å². The van der Waals surface area contributed by atoms with Crippen molar-refractivity contribution < 1.29 is 0 Å². The van der Waals surface area contributed by atoms with Crippen molar-refractivity contribution in [3.8, 4) is 6.07 Å². The Morgan fingerprint density at radius 2 is 1.44 bits per heavy atom. The molecule has 1 fully saturated rings. The SMILES string of the molecule is CCC(C#N)N1CCN(C(CC)CC)CC1. The molecule has 0 bridgehead atoms. The summed E-state index contributed by atoms with van der Waals surface area (Å²) in [4.78, 5) is 4.92. The normalized spacial score (nSPS) is 20.9. The molecule has 0 aromatic heterocycles. The van der Waals surface area contributed by atoms with Gasteiger partial charge in [0.15, 0.2) is 0 Å². The van der Waals surface area contributed by atoms with Crippen LogP contribution in [-0.4, -0.2) is 48.1 Å². The van der Waals surface area contributed by atoms with E-state index in [9.17, 15) is 0 Å². The van der Waals surface area contributed by atoms with Gasteiger partial charge in [0.1, 0.15) is 0 Å². The van der Waals surface area contributed by atoms with Gasteiger partial charge in [-0.25, -0.2) is 0 Å². The third kappa shape index (κ3) is 3.20. The van der Waals surface area contributed by atoms with Gasteiger partial charge in [0.2, 0.25) is 0 Å². The monoisotopic (exact) mass is 223 g/mol. The summed E-state index contributed by atoms with van der Waals surface area (Å²) >= 11 is 0. The quantitative estimate of drug-likeness (QED) is 0.715. The van der Waals surface area contributed by atoms with E-state index in [-0.39, 0.29) is 6.04 Å². The minimum atomic E-state index is 0.129. The lowest BCUT2D eigenvalue weighted by atomic mass is 10.1. The minimum Gasteiger partial charge on any atom is -0.298 e. The van der Waals surface area contributed by atoms with Crippen molar-refractivity contribution in [1.82, 2.24) is 9.80 Å². The Hall–Kier alpha value is -0.590. The van der Waals surface area contributed by atoms with Gasteiger partial charge in [-0.05, 0) is 19.3 Å². The first-order valence-electron chi connectivity index (χ1n) is 6.64. The van der Waals surface area contributed by atoms with E-state index in [1.165, 1.54) is 12.8 Å². The molecule has 1 rings (SSSR count). The molecule has 1 saturated heterocycles. The lowest BCUT2D eigenvalue weighted by Gasteiger charge is -2.40. The molecule has 3 nitrogen and oxygen atoms in total. The van der Waals surface area contributed by atoms with Crippen LogP contribution in [0, 0.1) is 11.3 Å². The molecule has 1 aliphatic heterocycles. The topological polar surface area (TPSA) is 30.3 Å². The summed E-state index contributed by atoms with van der Waals surface area (Å²) in [5, 5.41) is 9.04. The molecular formula is C13H25N3. The standard InChI is InChI=1S/C13H25N3/c1-4-12(5-2)15-7-9-16(10-8-15)13(6-3)11-14/h12-13H,4-10H2,1-3H3. The van der Waals surface area contributed by atoms with Crippen LogP contribution in [0.25, 0.3) is 0 Å². The van der Waals surface area contributed by atoms with Crippen LogP contribution in [-0.2, 0) is 0 Å². The summed E-state index contributed by atoms with van der Waals surface area (Å²) < 4.78 is 0. The fourth-order valence-electron chi connectivity index (χ4n) is 2.65. The third-order valence-electron chi connectivity index (χ3n) is 3.78. The summed E-state index contributed by atoms with van der Waals surface area (Å²) in [6, 6.07) is 3.27. The van der Waals surface area contributed by atoms with Gasteiger partial charge in [-0.15, -0.1) is 0 Å². The first kappa shape index (κ1) is 13.5. The maximum atomic E-state index is 9.04. The minimum absolute atomic E-state index is 0.129. The molecule has 0 aliphatic carbocycles. The molecule has 3 heteroatoms. The van der Waals surface area contributed by atoms with Gasteiger partial charge in [0.25, 0.3) is 0 Å². The first-order chi connectivity index (χ1) is 7.76. The maximum Gasteiger partial charge on any atom is 0.0976 e. The molecule has 0 N–H and O–H groups in total. The average Bonchev–Trinajstić information content (AvgIpc) is 2.34. The van der Waals surface area contributed by atoms with Gasteiger partial charge in [0, 0.05) is 32.2 Å². The van der Waals surface area contributed by atoms with Crippen molar-refractivity contribution >= 4 is 0 Å². The van der Waals surface area contributed by atoms with Crippen LogP contribution in [0.15, 0.2) is 0 Å². The number of piperazine rings is 1. The molecule has 0 saturated carbocycles. The maximum absolute atomic E-state index is 9.04. The third-order valence-corrected chi connectivity index (χ3v) is 3.78. The number of nitrogens with zero attached hydrogens (tertiary/aromatic N) is 3. The Labute approximate surface area is 100 Å². The van der Waals surface area contributed by atoms with Crippen molar-refractivity contribution in [3.05, 3.63) is 0 Å². The smallest absolute Gasteiger partial charge is 0.0976 e. The summed E-state index contributed by atoms with van der Waals surface area (Å²) in [6.07, 6.45) is 3.43. The number of nitriles is 1. The Kier molecular flexibility index (Phi) is 5.79. The van der Waals surface area contributed by atoms with Crippen molar-refractivity contribution in [2.75, 3.05) is 26.2 Å². The summed E-state index contributed by atoms with van der Waals surface area (Å²) in [5.41, 5.74) is 0. The van der Waals surface area contributed by atoms with E-state index in [0.29, 0.717) is 0 Å². The Bertz CT molecular complexity index is 222. The molecule has 0 radical (unpaired) electrons. The Morgan fingerprint density at radius 3 is 1.81 bits per heavy atom. The largest absolute Gasteiger partial charge is 0.298 e. The molecule has 1 aliphatic rings. The molecular weight excluding hydrogens is 198 g/mol. The summed E-state index contributed by atoms with van der Waals surface area (Å²) in [6.45, 7) is 11.0. The molecule has 0 spiro atoms. The van der Waals surface area contributed by atoms with E-state index in [1.807, 2.05) is 0 Å². The molecule has 0 aromatic rings. The second-order valence-corrected chi connectivity index (χ2v) is 4.60. The number of hydrogen-bond donors (Lipinski definition) is 0. The van der Waals surface area contributed by atoms with Gasteiger partial charge in [0.05, 0.1) is 12.1 Å². The van der Waals surface area contributed by atoms with Crippen LogP contribution >= 0.6 is 0 Å². The Balaban J connectivity index is 2.42. The van der Waals surface area contributed by atoms with Crippen LogP contribution in [0.3, 0.4) is 0 Å². The highest BCUT2D eigenvalue weighted by atomic mass is 15.3. The van der Waals surface area contributed by atoms with E-state index in [2.05, 4.69) is 36.6 Å². The van der Waals surface area contributed by atoms with Crippen LogP contribution < -0.4 is 0 Å². The highest BCUT2D eigenvalue weighted by Gasteiger charge is 2.25. The van der Waals surface area contributed by atoms with Crippen LogP contribution in [0.1, 0.15) is 40.0 Å². The van der Waals surface area contributed by atoms with Gasteiger partial charge in [-0.3, -0.25) is 9.80 Å². The molecule has 92 valence electrons. The van der Waals surface area contributed by atoms with E-state index >= 15 is 0 Å². The van der Waals surface area contributed by atoms with Gasteiger partial charge < -0.3 is 0 Å².